The predicted molar refractivity (Wildman–Crippen MR) is 95.3 cm³/mol. The van der Waals surface area contributed by atoms with Crippen molar-refractivity contribution < 1.29 is 18.0 Å². The summed E-state index contributed by atoms with van der Waals surface area (Å²) in [6, 6.07) is 10.5. The molecule has 0 aromatic heterocycles. The molecule has 0 fully saturated rings. The number of rotatable bonds is 5. The van der Waals surface area contributed by atoms with Crippen LogP contribution in [-0.2, 0) is 17.5 Å². The van der Waals surface area contributed by atoms with Gasteiger partial charge in [-0.2, -0.15) is 13.2 Å². The van der Waals surface area contributed by atoms with E-state index in [-0.39, 0.29) is 12.5 Å². The first-order valence-corrected chi connectivity index (χ1v) is 8.35. The van der Waals surface area contributed by atoms with Crippen molar-refractivity contribution in [2.45, 2.75) is 19.6 Å². The lowest BCUT2D eigenvalue weighted by molar-refractivity contribution is -0.137. The Labute approximate surface area is 153 Å². The number of aryl methyl sites for hydroxylation is 1. The SMILES string of the molecule is Cc1cc(Br)ccc1NC(=O)CN(C)Cc1ccc(C(F)(F)F)cc1. The van der Waals surface area contributed by atoms with E-state index in [2.05, 4.69) is 21.2 Å². The normalized spacial score (nSPS) is 11.6. The van der Waals surface area contributed by atoms with Gasteiger partial charge >= 0.3 is 6.18 Å². The summed E-state index contributed by atoms with van der Waals surface area (Å²) in [6.07, 6.45) is -4.34. The quantitative estimate of drug-likeness (QED) is 0.758. The molecule has 0 aliphatic rings. The molecular weight excluding hydrogens is 397 g/mol. The fraction of sp³-hybridized carbons (Fsp3) is 0.278. The summed E-state index contributed by atoms with van der Waals surface area (Å²) in [6.45, 7) is 2.41. The van der Waals surface area contributed by atoms with E-state index in [0.717, 1.165) is 27.9 Å². The van der Waals surface area contributed by atoms with Crippen LogP contribution < -0.4 is 5.32 Å². The Morgan fingerprint density at radius 2 is 1.80 bits per heavy atom. The average Bonchev–Trinajstić information content (AvgIpc) is 2.49. The van der Waals surface area contributed by atoms with Crippen molar-refractivity contribution in [3.8, 4) is 0 Å². The van der Waals surface area contributed by atoms with Crippen LogP contribution in [0.5, 0.6) is 0 Å². The number of carbonyl (C=O) groups excluding carboxylic acids is 1. The van der Waals surface area contributed by atoms with E-state index in [1.807, 2.05) is 25.1 Å². The molecule has 0 atom stereocenters. The first kappa shape index (κ1) is 19.5. The number of nitrogens with zero attached hydrogens (tertiary/aromatic N) is 1. The van der Waals surface area contributed by atoms with Gasteiger partial charge in [-0.05, 0) is 55.4 Å². The van der Waals surface area contributed by atoms with Crippen LogP contribution in [-0.4, -0.2) is 24.4 Å². The summed E-state index contributed by atoms with van der Waals surface area (Å²) in [5.41, 5.74) is 1.70. The predicted octanol–water partition coefficient (Wildman–Crippen LogP) is 4.85. The Balaban J connectivity index is 1.91. The number of hydrogen-bond donors (Lipinski definition) is 1. The number of halogens is 4. The van der Waals surface area contributed by atoms with Crippen LogP contribution >= 0.6 is 15.9 Å². The van der Waals surface area contributed by atoms with E-state index in [1.165, 1.54) is 12.1 Å². The molecular formula is C18H18BrF3N2O. The molecule has 0 radical (unpaired) electrons. The van der Waals surface area contributed by atoms with Gasteiger partial charge in [0.1, 0.15) is 0 Å². The third kappa shape index (κ3) is 5.86. The Kier molecular flexibility index (Phi) is 6.24. The van der Waals surface area contributed by atoms with Crippen LogP contribution in [0.25, 0.3) is 0 Å². The fourth-order valence-electron chi connectivity index (χ4n) is 2.37. The van der Waals surface area contributed by atoms with Gasteiger partial charge in [0, 0.05) is 16.7 Å². The number of benzene rings is 2. The van der Waals surface area contributed by atoms with Crippen molar-refractivity contribution in [2.75, 3.05) is 18.9 Å². The van der Waals surface area contributed by atoms with Crippen LogP contribution in [0.15, 0.2) is 46.9 Å². The fourth-order valence-corrected chi connectivity index (χ4v) is 2.84. The smallest absolute Gasteiger partial charge is 0.325 e. The Morgan fingerprint density at radius 3 is 2.36 bits per heavy atom. The largest absolute Gasteiger partial charge is 0.416 e. The number of anilines is 1. The molecule has 0 bridgehead atoms. The minimum absolute atomic E-state index is 0.135. The van der Waals surface area contributed by atoms with E-state index < -0.39 is 11.7 Å². The van der Waals surface area contributed by atoms with Gasteiger partial charge in [-0.3, -0.25) is 9.69 Å². The monoisotopic (exact) mass is 414 g/mol. The molecule has 25 heavy (non-hydrogen) atoms. The standard InChI is InChI=1S/C18H18BrF3N2O/c1-12-9-15(19)7-8-16(12)23-17(25)11-24(2)10-13-3-5-14(6-4-13)18(20,21)22/h3-9H,10-11H2,1-2H3,(H,23,25). The zero-order chi connectivity index (χ0) is 18.6. The van der Waals surface area contributed by atoms with E-state index in [0.29, 0.717) is 12.1 Å². The molecule has 0 spiro atoms. The van der Waals surface area contributed by atoms with E-state index >= 15 is 0 Å². The molecule has 3 nitrogen and oxygen atoms in total. The molecule has 0 saturated heterocycles. The summed E-state index contributed by atoms with van der Waals surface area (Å²) in [4.78, 5) is 13.9. The lowest BCUT2D eigenvalue weighted by Crippen LogP contribution is -2.30. The second-order valence-corrected chi connectivity index (χ2v) is 6.79. The molecule has 7 heteroatoms. The van der Waals surface area contributed by atoms with E-state index in [1.54, 1.807) is 11.9 Å². The molecule has 1 amide bonds. The number of carbonyl (C=O) groups is 1. The highest BCUT2D eigenvalue weighted by Gasteiger charge is 2.29. The number of nitrogens with one attached hydrogen (secondary N) is 1. The molecule has 0 unspecified atom stereocenters. The lowest BCUT2D eigenvalue weighted by Gasteiger charge is -2.17. The summed E-state index contributed by atoms with van der Waals surface area (Å²) < 4.78 is 38.6. The van der Waals surface area contributed by atoms with Crippen LogP contribution in [0.2, 0.25) is 0 Å². The third-order valence-electron chi connectivity index (χ3n) is 3.61. The Morgan fingerprint density at radius 1 is 1.16 bits per heavy atom. The van der Waals surface area contributed by atoms with Gasteiger partial charge in [-0.25, -0.2) is 0 Å². The summed E-state index contributed by atoms with van der Waals surface area (Å²) in [5.74, 6) is -0.181. The third-order valence-corrected chi connectivity index (χ3v) is 4.10. The van der Waals surface area contributed by atoms with Gasteiger partial charge in [0.2, 0.25) is 5.91 Å². The number of likely N-dealkylation sites (N-methyl/N-ethyl adjacent to an activating group) is 1. The average molecular weight is 415 g/mol. The van der Waals surface area contributed by atoms with Gasteiger partial charge in [0.15, 0.2) is 0 Å². The molecule has 0 aliphatic carbocycles. The molecule has 2 aromatic carbocycles. The van der Waals surface area contributed by atoms with Crippen molar-refractivity contribution in [2.24, 2.45) is 0 Å². The van der Waals surface area contributed by atoms with Gasteiger partial charge < -0.3 is 5.32 Å². The highest BCUT2D eigenvalue weighted by Crippen LogP contribution is 2.29. The van der Waals surface area contributed by atoms with Crippen molar-refractivity contribution >= 4 is 27.5 Å². The highest BCUT2D eigenvalue weighted by molar-refractivity contribution is 9.10. The van der Waals surface area contributed by atoms with Crippen molar-refractivity contribution in [1.29, 1.82) is 0 Å². The second kappa shape index (κ2) is 8.01. The van der Waals surface area contributed by atoms with Gasteiger partial charge in [-0.15, -0.1) is 0 Å². The second-order valence-electron chi connectivity index (χ2n) is 5.87. The van der Waals surface area contributed by atoms with E-state index in [4.69, 9.17) is 0 Å². The number of hydrogen-bond acceptors (Lipinski definition) is 2. The van der Waals surface area contributed by atoms with Crippen molar-refractivity contribution in [3.05, 3.63) is 63.6 Å². The Hall–Kier alpha value is -1.86. The number of amides is 1. The maximum Gasteiger partial charge on any atom is 0.416 e. The molecule has 0 saturated carbocycles. The van der Waals surface area contributed by atoms with Gasteiger partial charge in [0.05, 0.1) is 12.1 Å². The lowest BCUT2D eigenvalue weighted by atomic mass is 10.1. The summed E-state index contributed by atoms with van der Waals surface area (Å²) in [5, 5.41) is 2.83. The maximum atomic E-state index is 12.6. The molecule has 2 rings (SSSR count). The van der Waals surface area contributed by atoms with Crippen LogP contribution in [0, 0.1) is 6.92 Å². The van der Waals surface area contributed by atoms with Crippen molar-refractivity contribution in [1.82, 2.24) is 4.90 Å². The van der Waals surface area contributed by atoms with Crippen molar-refractivity contribution in [3.63, 3.8) is 0 Å². The van der Waals surface area contributed by atoms with Crippen LogP contribution in [0.4, 0.5) is 18.9 Å². The number of alkyl halides is 3. The van der Waals surface area contributed by atoms with E-state index in [9.17, 15) is 18.0 Å². The molecule has 134 valence electrons. The minimum atomic E-state index is -4.34. The van der Waals surface area contributed by atoms with Crippen LogP contribution in [0.1, 0.15) is 16.7 Å². The Bertz CT molecular complexity index is 745. The minimum Gasteiger partial charge on any atom is -0.325 e. The molecule has 0 heterocycles. The molecule has 1 N–H and O–H groups in total. The topological polar surface area (TPSA) is 32.3 Å². The van der Waals surface area contributed by atoms with Gasteiger partial charge in [0.25, 0.3) is 0 Å². The summed E-state index contributed by atoms with van der Waals surface area (Å²) >= 11 is 3.37. The molecule has 0 aliphatic heterocycles. The zero-order valence-corrected chi connectivity index (χ0v) is 15.4. The highest BCUT2D eigenvalue weighted by atomic mass is 79.9. The van der Waals surface area contributed by atoms with Crippen LogP contribution in [0.3, 0.4) is 0 Å². The first-order valence-electron chi connectivity index (χ1n) is 7.56. The van der Waals surface area contributed by atoms with Gasteiger partial charge in [-0.1, -0.05) is 28.1 Å². The maximum absolute atomic E-state index is 12.6. The molecule has 2 aromatic rings. The zero-order valence-electron chi connectivity index (χ0n) is 13.8. The summed E-state index contributed by atoms with van der Waals surface area (Å²) in [7, 11) is 1.74. The first-order chi connectivity index (χ1) is 11.6.